The van der Waals surface area contributed by atoms with Gasteiger partial charge in [-0.2, -0.15) is 0 Å². The van der Waals surface area contributed by atoms with Crippen LogP contribution in [-0.2, 0) is 11.3 Å². The first kappa shape index (κ1) is 18.2. The Bertz CT molecular complexity index is 707. The number of nitrogens with zero attached hydrogens (tertiary/aromatic N) is 4. The number of fused-ring (bicyclic) bond motifs is 1. The highest BCUT2D eigenvalue weighted by Gasteiger charge is 2.37. The quantitative estimate of drug-likeness (QED) is 0.806. The highest BCUT2D eigenvalue weighted by atomic mass is 16.2. The molecular formula is C17H26N6O3. The van der Waals surface area contributed by atoms with E-state index in [1.54, 1.807) is 15.7 Å². The van der Waals surface area contributed by atoms with Crippen molar-refractivity contribution in [3.8, 4) is 0 Å². The lowest BCUT2D eigenvalue weighted by molar-refractivity contribution is -0.134. The molecule has 9 heteroatoms. The van der Waals surface area contributed by atoms with Gasteiger partial charge >= 0.3 is 12.1 Å². The molecular weight excluding hydrogens is 336 g/mol. The maximum atomic E-state index is 12.7. The molecule has 0 spiro atoms. The molecule has 2 aliphatic rings. The van der Waals surface area contributed by atoms with Crippen LogP contribution in [0.5, 0.6) is 0 Å². The summed E-state index contributed by atoms with van der Waals surface area (Å²) >= 11 is 0. The van der Waals surface area contributed by atoms with E-state index in [1.165, 1.54) is 0 Å². The number of carbonyl (C=O) groups excluding carboxylic acids is 3. The summed E-state index contributed by atoms with van der Waals surface area (Å²) in [5.74, 6) is 0.614. The van der Waals surface area contributed by atoms with E-state index in [-0.39, 0.29) is 18.0 Å². The lowest BCUT2D eigenvalue weighted by Crippen LogP contribution is -2.54. The maximum Gasteiger partial charge on any atom is 0.330 e. The smallest absolute Gasteiger partial charge is 0.330 e. The largest absolute Gasteiger partial charge is 0.352 e. The molecule has 26 heavy (non-hydrogen) atoms. The van der Waals surface area contributed by atoms with E-state index in [9.17, 15) is 14.4 Å². The Kier molecular flexibility index (Phi) is 5.15. The fourth-order valence-electron chi connectivity index (χ4n) is 3.86. The van der Waals surface area contributed by atoms with Crippen LogP contribution in [-0.4, -0.2) is 62.5 Å². The summed E-state index contributed by atoms with van der Waals surface area (Å²) in [4.78, 5) is 44.2. The second kappa shape index (κ2) is 7.35. The van der Waals surface area contributed by atoms with Gasteiger partial charge in [-0.25, -0.2) is 14.6 Å². The van der Waals surface area contributed by atoms with E-state index in [4.69, 9.17) is 5.73 Å². The van der Waals surface area contributed by atoms with Crippen molar-refractivity contribution in [2.45, 2.75) is 58.2 Å². The van der Waals surface area contributed by atoms with E-state index in [0.29, 0.717) is 31.9 Å². The number of hydrogen-bond donors (Lipinski definition) is 2. The molecule has 0 saturated carbocycles. The first-order valence-corrected chi connectivity index (χ1v) is 9.11. The molecule has 9 nitrogen and oxygen atoms in total. The monoisotopic (exact) mass is 362 g/mol. The standard InChI is InChI=1S/C17H26N6O3/c1-3-4-14(20-16(18)25)15(24)21-7-5-12(6-8-21)22-10-13-9-19-11(2)23(13)17(22)26/h9,12,14H,3-8,10H2,1-2H3,(H3,18,20,25)/t14-/m1/s1. The number of nitrogens with two attached hydrogens (primary N) is 1. The van der Waals surface area contributed by atoms with Crippen molar-refractivity contribution >= 4 is 18.0 Å². The van der Waals surface area contributed by atoms with Gasteiger partial charge < -0.3 is 20.9 Å². The topological polar surface area (TPSA) is 114 Å². The van der Waals surface area contributed by atoms with Gasteiger partial charge in [0.15, 0.2) is 0 Å². The third-order valence-corrected chi connectivity index (χ3v) is 5.19. The van der Waals surface area contributed by atoms with Crippen LogP contribution in [0, 0.1) is 6.92 Å². The minimum absolute atomic E-state index is 0.0287. The molecule has 3 heterocycles. The molecule has 4 amide bonds. The average Bonchev–Trinajstić information content (AvgIpc) is 3.14. The van der Waals surface area contributed by atoms with Crippen LogP contribution in [0.15, 0.2) is 6.20 Å². The molecule has 0 bridgehead atoms. The Balaban J connectivity index is 1.58. The molecule has 0 aromatic carbocycles. The molecule has 1 aromatic rings. The van der Waals surface area contributed by atoms with Gasteiger partial charge in [-0.05, 0) is 26.2 Å². The second-order valence-electron chi connectivity index (χ2n) is 6.95. The molecule has 142 valence electrons. The molecule has 1 fully saturated rings. The summed E-state index contributed by atoms with van der Waals surface area (Å²) in [7, 11) is 0. The van der Waals surface area contributed by atoms with Crippen molar-refractivity contribution in [2.24, 2.45) is 5.73 Å². The van der Waals surface area contributed by atoms with Crippen LogP contribution >= 0.6 is 0 Å². The lowest BCUT2D eigenvalue weighted by atomic mass is 10.0. The summed E-state index contributed by atoms with van der Waals surface area (Å²) in [6.07, 6.45) is 4.54. The zero-order valence-electron chi connectivity index (χ0n) is 15.3. The van der Waals surface area contributed by atoms with Gasteiger partial charge in [-0.1, -0.05) is 13.3 Å². The fraction of sp³-hybridized carbons (Fsp3) is 0.647. The number of likely N-dealkylation sites (tertiary alicyclic amines) is 1. The van der Waals surface area contributed by atoms with Crippen LogP contribution in [0.25, 0.3) is 0 Å². The molecule has 0 radical (unpaired) electrons. The van der Waals surface area contributed by atoms with Crippen LogP contribution in [0.3, 0.4) is 0 Å². The Morgan fingerprint density at radius 1 is 1.38 bits per heavy atom. The first-order valence-electron chi connectivity index (χ1n) is 9.11. The first-order chi connectivity index (χ1) is 12.4. The predicted octanol–water partition coefficient (Wildman–Crippen LogP) is 0.803. The van der Waals surface area contributed by atoms with Gasteiger partial charge in [-0.3, -0.25) is 9.36 Å². The van der Waals surface area contributed by atoms with Gasteiger partial charge in [0.05, 0.1) is 18.4 Å². The van der Waals surface area contributed by atoms with E-state index >= 15 is 0 Å². The van der Waals surface area contributed by atoms with Gasteiger partial charge in [-0.15, -0.1) is 0 Å². The zero-order chi connectivity index (χ0) is 18.8. The summed E-state index contributed by atoms with van der Waals surface area (Å²) in [6, 6.07) is -1.17. The number of carbonyl (C=O) groups is 3. The number of amides is 4. The normalized spacial score (nSPS) is 18.8. The number of hydrogen-bond acceptors (Lipinski definition) is 4. The highest BCUT2D eigenvalue weighted by Crippen LogP contribution is 2.26. The molecule has 3 N–H and O–H groups in total. The van der Waals surface area contributed by atoms with Crippen molar-refractivity contribution in [3.05, 3.63) is 17.7 Å². The van der Waals surface area contributed by atoms with Gasteiger partial charge in [0, 0.05) is 19.1 Å². The Labute approximate surface area is 152 Å². The van der Waals surface area contributed by atoms with Gasteiger partial charge in [0.25, 0.3) is 0 Å². The van der Waals surface area contributed by atoms with Crippen LogP contribution in [0.4, 0.5) is 9.59 Å². The van der Waals surface area contributed by atoms with E-state index in [2.05, 4.69) is 10.3 Å². The van der Waals surface area contributed by atoms with E-state index in [0.717, 1.165) is 25.0 Å². The minimum atomic E-state index is -0.680. The number of aromatic nitrogens is 2. The van der Waals surface area contributed by atoms with Crippen molar-refractivity contribution in [3.63, 3.8) is 0 Å². The van der Waals surface area contributed by atoms with E-state index < -0.39 is 12.1 Å². The Morgan fingerprint density at radius 2 is 2.08 bits per heavy atom. The molecule has 0 aliphatic carbocycles. The van der Waals surface area contributed by atoms with Crippen molar-refractivity contribution in [1.29, 1.82) is 0 Å². The third-order valence-electron chi connectivity index (χ3n) is 5.19. The predicted molar refractivity (Wildman–Crippen MR) is 94.3 cm³/mol. The van der Waals surface area contributed by atoms with Crippen molar-refractivity contribution < 1.29 is 14.4 Å². The molecule has 1 aromatic heterocycles. The summed E-state index contributed by atoms with van der Waals surface area (Å²) < 4.78 is 1.66. The van der Waals surface area contributed by atoms with Gasteiger partial charge in [0.2, 0.25) is 5.91 Å². The second-order valence-corrected chi connectivity index (χ2v) is 6.95. The van der Waals surface area contributed by atoms with Gasteiger partial charge in [0.1, 0.15) is 11.9 Å². The Morgan fingerprint density at radius 3 is 2.65 bits per heavy atom. The molecule has 3 rings (SSSR count). The van der Waals surface area contributed by atoms with Crippen molar-refractivity contribution in [1.82, 2.24) is 24.7 Å². The molecule has 1 atom stereocenters. The summed E-state index contributed by atoms with van der Waals surface area (Å²) in [6.45, 7) is 5.49. The highest BCUT2D eigenvalue weighted by molar-refractivity contribution is 5.86. The number of nitrogens with one attached hydrogen (secondary N) is 1. The van der Waals surface area contributed by atoms with Crippen molar-refractivity contribution in [2.75, 3.05) is 13.1 Å². The van der Waals surface area contributed by atoms with Crippen LogP contribution < -0.4 is 11.1 Å². The maximum absolute atomic E-state index is 12.7. The number of piperidine rings is 1. The summed E-state index contributed by atoms with van der Waals surface area (Å²) in [5.41, 5.74) is 6.10. The lowest BCUT2D eigenvalue weighted by Gasteiger charge is -2.37. The minimum Gasteiger partial charge on any atom is -0.352 e. The number of imidazole rings is 1. The average molecular weight is 362 g/mol. The molecule has 0 unspecified atom stereocenters. The van der Waals surface area contributed by atoms with Crippen LogP contribution in [0.1, 0.15) is 44.1 Å². The number of rotatable bonds is 5. The molecule has 2 aliphatic heterocycles. The zero-order valence-corrected chi connectivity index (χ0v) is 15.3. The third kappa shape index (κ3) is 3.38. The molecule has 1 saturated heterocycles. The van der Waals surface area contributed by atoms with Crippen LogP contribution in [0.2, 0.25) is 0 Å². The fourth-order valence-corrected chi connectivity index (χ4v) is 3.86. The number of aryl methyl sites for hydroxylation is 1. The van der Waals surface area contributed by atoms with E-state index in [1.807, 2.05) is 18.7 Å². The Hall–Kier alpha value is -2.58. The summed E-state index contributed by atoms with van der Waals surface area (Å²) in [5, 5.41) is 2.54. The SMILES string of the molecule is CCC[C@@H](NC(N)=O)C(=O)N1CCC(N2Cc3cnc(C)n3C2=O)CC1. The number of urea groups is 1. The number of primary amides is 1.